The van der Waals surface area contributed by atoms with Gasteiger partial charge in [0.25, 0.3) is 0 Å². The zero-order chi connectivity index (χ0) is 15.5. The summed E-state index contributed by atoms with van der Waals surface area (Å²) in [5, 5.41) is 0.117. The molecule has 0 N–H and O–H groups in total. The van der Waals surface area contributed by atoms with E-state index in [1.165, 1.54) is 29.6 Å². The van der Waals surface area contributed by atoms with E-state index < -0.39 is 16.0 Å². The zero-order valence-electron chi connectivity index (χ0n) is 11.8. The molecule has 0 unspecified atom stereocenters. The third kappa shape index (κ3) is 3.56. The molecule has 0 saturated carbocycles. The Bertz CT molecular complexity index is 622. The molecule has 1 fully saturated rings. The summed E-state index contributed by atoms with van der Waals surface area (Å²) in [5.41, 5.74) is 0.176. The summed E-state index contributed by atoms with van der Waals surface area (Å²) in [6.45, 7) is 0.974. The third-order valence-electron chi connectivity index (χ3n) is 3.54. The molecule has 0 bridgehead atoms. The second-order valence-corrected chi connectivity index (χ2v) is 7.27. The third-order valence-corrected chi connectivity index (χ3v) is 5.92. The topological polar surface area (TPSA) is 63.7 Å². The highest BCUT2D eigenvalue weighted by atomic mass is 35.5. The first-order valence-corrected chi connectivity index (χ1v) is 8.66. The average Bonchev–Trinajstić information content (AvgIpc) is 2.76. The van der Waals surface area contributed by atoms with E-state index in [-0.39, 0.29) is 15.5 Å². The van der Waals surface area contributed by atoms with Crippen molar-refractivity contribution >= 4 is 27.6 Å². The number of hydrogen-bond donors (Lipinski definition) is 0. The summed E-state index contributed by atoms with van der Waals surface area (Å²) in [6.07, 6.45) is 3.74. The van der Waals surface area contributed by atoms with Gasteiger partial charge < -0.3 is 4.74 Å². The zero-order valence-corrected chi connectivity index (χ0v) is 13.4. The van der Waals surface area contributed by atoms with Crippen molar-refractivity contribution in [1.29, 1.82) is 0 Å². The highest BCUT2D eigenvalue weighted by Gasteiger charge is 2.28. The van der Waals surface area contributed by atoms with E-state index in [0.717, 1.165) is 25.7 Å². The van der Waals surface area contributed by atoms with Gasteiger partial charge in [-0.05, 0) is 31.0 Å². The molecule has 1 aliphatic heterocycles. The number of rotatable bonds is 3. The van der Waals surface area contributed by atoms with Gasteiger partial charge in [0.05, 0.1) is 17.7 Å². The fraction of sp³-hybridized carbons (Fsp3) is 0.500. The van der Waals surface area contributed by atoms with Gasteiger partial charge in [0.15, 0.2) is 0 Å². The largest absolute Gasteiger partial charge is 0.465 e. The fourth-order valence-corrected chi connectivity index (χ4v) is 4.38. The van der Waals surface area contributed by atoms with Crippen molar-refractivity contribution < 1.29 is 17.9 Å². The quantitative estimate of drug-likeness (QED) is 0.799. The van der Waals surface area contributed by atoms with Crippen LogP contribution < -0.4 is 0 Å². The normalized spacial score (nSPS) is 17.2. The van der Waals surface area contributed by atoms with Gasteiger partial charge in [-0.3, -0.25) is 0 Å². The van der Waals surface area contributed by atoms with E-state index in [4.69, 9.17) is 11.6 Å². The van der Waals surface area contributed by atoms with Crippen LogP contribution >= 0.6 is 11.6 Å². The molecule has 1 saturated heterocycles. The van der Waals surface area contributed by atoms with Gasteiger partial charge in [-0.2, -0.15) is 4.31 Å². The predicted octanol–water partition coefficient (Wildman–Crippen LogP) is 2.69. The molecule has 0 spiro atoms. The Morgan fingerprint density at radius 1 is 1.19 bits per heavy atom. The maximum absolute atomic E-state index is 12.7. The highest BCUT2D eigenvalue weighted by Crippen LogP contribution is 2.27. The van der Waals surface area contributed by atoms with Gasteiger partial charge in [0, 0.05) is 13.1 Å². The van der Waals surface area contributed by atoms with Crippen molar-refractivity contribution in [3.05, 3.63) is 28.8 Å². The molecular formula is C14H18ClNO4S. The minimum absolute atomic E-state index is 0.0334. The molecule has 0 amide bonds. The Balaban J connectivity index is 2.40. The first-order valence-electron chi connectivity index (χ1n) is 6.85. The molecule has 21 heavy (non-hydrogen) atoms. The van der Waals surface area contributed by atoms with Gasteiger partial charge in [-0.15, -0.1) is 0 Å². The van der Waals surface area contributed by atoms with Gasteiger partial charge in [0.2, 0.25) is 10.0 Å². The number of esters is 1. The van der Waals surface area contributed by atoms with Crippen molar-refractivity contribution in [3.63, 3.8) is 0 Å². The summed E-state index contributed by atoms with van der Waals surface area (Å²) >= 11 is 6.03. The van der Waals surface area contributed by atoms with Crippen LogP contribution in [-0.4, -0.2) is 38.9 Å². The highest BCUT2D eigenvalue weighted by molar-refractivity contribution is 7.89. The minimum Gasteiger partial charge on any atom is -0.465 e. The molecule has 0 radical (unpaired) electrons. The van der Waals surface area contributed by atoms with Crippen LogP contribution in [0.3, 0.4) is 0 Å². The Kier molecular flexibility index (Phi) is 5.24. The van der Waals surface area contributed by atoms with Gasteiger partial charge >= 0.3 is 5.97 Å². The fourth-order valence-electron chi connectivity index (χ4n) is 2.37. The first-order chi connectivity index (χ1) is 9.96. The summed E-state index contributed by atoms with van der Waals surface area (Å²) in [5.74, 6) is -0.584. The van der Waals surface area contributed by atoms with Crippen molar-refractivity contribution in [1.82, 2.24) is 4.31 Å². The molecule has 5 nitrogen and oxygen atoms in total. The van der Waals surface area contributed by atoms with E-state index in [2.05, 4.69) is 4.74 Å². The Morgan fingerprint density at radius 2 is 1.81 bits per heavy atom. The molecule has 1 heterocycles. The lowest BCUT2D eigenvalue weighted by molar-refractivity contribution is 0.0600. The van der Waals surface area contributed by atoms with Crippen LogP contribution in [0.2, 0.25) is 5.02 Å². The smallest absolute Gasteiger partial charge is 0.337 e. The van der Waals surface area contributed by atoms with Gasteiger partial charge in [-0.25, -0.2) is 13.2 Å². The SMILES string of the molecule is COC(=O)c1ccc(Cl)c(S(=O)(=O)N2CCCCCC2)c1. The van der Waals surface area contributed by atoms with Crippen molar-refractivity contribution in [2.24, 2.45) is 0 Å². The molecular weight excluding hydrogens is 314 g/mol. The van der Waals surface area contributed by atoms with Crippen LogP contribution in [0.25, 0.3) is 0 Å². The number of methoxy groups -OCH3 is 1. The standard InChI is InChI=1S/C14H18ClNO4S/c1-20-14(17)11-6-7-12(15)13(10-11)21(18,19)16-8-4-2-3-5-9-16/h6-7,10H,2-5,8-9H2,1H3. The van der Waals surface area contributed by atoms with Crippen LogP contribution in [0, 0.1) is 0 Å². The molecule has 0 atom stereocenters. The molecule has 2 rings (SSSR count). The van der Waals surface area contributed by atoms with E-state index in [0.29, 0.717) is 13.1 Å². The monoisotopic (exact) mass is 331 g/mol. The Morgan fingerprint density at radius 3 is 2.38 bits per heavy atom. The lowest BCUT2D eigenvalue weighted by Gasteiger charge is -2.20. The number of sulfonamides is 1. The summed E-state index contributed by atoms with van der Waals surface area (Å²) < 4.78 is 31.5. The lowest BCUT2D eigenvalue weighted by atomic mass is 10.2. The Labute approximate surface area is 129 Å². The van der Waals surface area contributed by atoms with Crippen molar-refractivity contribution in [3.8, 4) is 0 Å². The van der Waals surface area contributed by atoms with Crippen molar-refractivity contribution in [2.75, 3.05) is 20.2 Å². The number of hydrogen-bond acceptors (Lipinski definition) is 4. The number of nitrogens with zero attached hydrogens (tertiary/aromatic N) is 1. The summed E-state index contributed by atoms with van der Waals surface area (Å²) in [7, 11) is -2.44. The van der Waals surface area contributed by atoms with Gasteiger partial charge in [0.1, 0.15) is 4.90 Å². The van der Waals surface area contributed by atoms with Crippen molar-refractivity contribution in [2.45, 2.75) is 30.6 Å². The van der Waals surface area contributed by atoms with Crippen LogP contribution in [0.1, 0.15) is 36.0 Å². The summed E-state index contributed by atoms with van der Waals surface area (Å²) in [4.78, 5) is 11.5. The predicted molar refractivity (Wildman–Crippen MR) is 80.0 cm³/mol. The van der Waals surface area contributed by atoms with E-state index in [1.807, 2.05) is 0 Å². The molecule has 0 aliphatic carbocycles. The Hall–Kier alpha value is -1.11. The maximum Gasteiger partial charge on any atom is 0.337 e. The molecule has 7 heteroatoms. The van der Waals surface area contributed by atoms with Crippen LogP contribution in [-0.2, 0) is 14.8 Å². The molecule has 1 aliphatic rings. The van der Waals surface area contributed by atoms with E-state index in [1.54, 1.807) is 0 Å². The minimum atomic E-state index is -3.69. The second kappa shape index (κ2) is 6.77. The van der Waals surface area contributed by atoms with E-state index in [9.17, 15) is 13.2 Å². The number of carbonyl (C=O) groups excluding carboxylic acids is 1. The number of halogens is 1. The molecule has 1 aromatic carbocycles. The van der Waals surface area contributed by atoms with Crippen LogP contribution in [0.5, 0.6) is 0 Å². The number of carbonyl (C=O) groups is 1. The van der Waals surface area contributed by atoms with Crippen LogP contribution in [0.4, 0.5) is 0 Å². The molecule has 0 aromatic heterocycles. The maximum atomic E-state index is 12.7. The average molecular weight is 332 g/mol. The lowest BCUT2D eigenvalue weighted by Crippen LogP contribution is -2.32. The first kappa shape index (κ1) is 16.3. The molecule has 1 aromatic rings. The number of ether oxygens (including phenoxy) is 1. The summed E-state index contributed by atoms with van der Waals surface area (Å²) in [6, 6.07) is 4.16. The molecule has 116 valence electrons. The second-order valence-electron chi connectivity index (χ2n) is 4.96. The number of benzene rings is 1. The van der Waals surface area contributed by atoms with E-state index >= 15 is 0 Å². The van der Waals surface area contributed by atoms with Gasteiger partial charge in [-0.1, -0.05) is 24.4 Å². The van der Waals surface area contributed by atoms with Crippen LogP contribution in [0.15, 0.2) is 23.1 Å².